The standard InChI is InChI=1S/C22H30/c1-15-7-12-22(20(6)13-15)18(4)9-8-17(3)21-11-10-16(2)19(5)14-21/h7,10-14,17-18H,8-9H2,1-6H3. The van der Waals surface area contributed by atoms with E-state index in [9.17, 15) is 0 Å². The number of aryl methyl sites for hydroxylation is 4. The predicted molar refractivity (Wildman–Crippen MR) is 97.9 cm³/mol. The minimum atomic E-state index is 0.632. The summed E-state index contributed by atoms with van der Waals surface area (Å²) in [5.41, 5.74) is 8.59. The van der Waals surface area contributed by atoms with Crippen LogP contribution in [0.4, 0.5) is 0 Å². The fourth-order valence-corrected chi connectivity index (χ4v) is 3.27. The fourth-order valence-electron chi connectivity index (χ4n) is 3.27. The Morgan fingerprint density at radius 1 is 0.682 bits per heavy atom. The molecule has 118 valence electrons. The number of benzene rings is 2. The van der Waals surface area contributed by atoms with Gasteiger partial charge in [0.25, 0.3) is 0 Å². The van der Waals surface area contributed by atoms with Gasteiger partial charge in [0.05, 0.1) is 0 Å². The molecule has 2 atom stereocenters. The van der Waals surface area contributed by atoms with Crippen molar-refractivity contribution in [1.29, 1.82) is 0 Å². The summed E-state index contributed by atoms with van der Waals surface area (Å²) in [4.78, 5) is 0. The van der Waals surface area contributed by atoms with E-state index in [-0.39, 0.29) is 0 Å². The molecular formula is C22H30. The summed E-state index contributed by atoms with van der Waals surface area (Å²) in [6, 6.07) is 13.8. The topological polar surface area (TPSA) is 0 Å². The molecule has 0 radical (unpaired) electrons. The molecule has 0 nitrogen and oxygen atoms in total. The second kappa shape index (κ2) is 7.13. The Hall–Kier alpha value is -1.56. The van der Waals surface area contributed by atoms with E-state index in [4.69, 9.17) is 0 Å². The van der Waals surface area contributed by atoms with Crippen LogP contribution in [-0.4, -0.2) is 0 Å². The second-order valence-electron chi connectivity index (χ2n) is 7.08. The first kappa shape index (κ1) is 16.8. The molecule has 0 fully saturated rings. The zero-order valence-corrected chi connectivity index (χ0v) is 15.0. The highest BCUT2D eigenvalue weighted by Crippen LogP contribution is 2.30. The lowest BCUT2D eigenvalue weighted by molar-refractivity contribution is 0.572. The van der Waals surface area contributed by atoms with Crippen molar-refractivity contribution in [3.8, 4) is 0 Å². The van der Waals surface area contributed by atoms with Crippen LogP contribution in [0, 0.1) is 27.7 Å². The number of hydrogen-bond donors (Lipinski definition) is 0. The van der Waals surface area contributed by atoms with Crippen LogP contribution in [0.5, 0.6) is 0 Å². The van der Waals surface area contributed by atoms with Crippen LogP contribution in [0.15, 0.2) is 36.4 Å². The maximum atomic E-state index is 2.37. The molecule has 0 N–H and O–H groups in total. The lowest BCUT2D eigenvalue weighted by Gasteiger charge is -2.19. The summed E-state index contributed by atoms with van der Waals surface area (Å²) in [5, 5.41) is 0. The molecule has 0 amide bonds. The molecule has 0 spiro atoms. The molecule has 2 rings (SSSR count). The van der Waals surface area contributed by atoms with E-state index in [1.54, 1.807) is 0 Å². The van der Waals surface area contributed by atoms with Crippen LogP contribution in [0.3, 0.4) is 0 Å². The Morgan fingerprint density at radius 3 is 2.00 bits per heavy atom. The van der Waals surface area contributed by atoms with E-state index in [1.165, 1.54) is 46.2 Å². The van der Waals surface area contributed by atoms with Crippen LogP contribution >= 0.6 is 0 Å². The Labute approximate surface area is 136 Å². The Kier molecular flexibility index (Phi) is 5.45. The van der Waals surface area contributed by atoms with E-state index in [2.05, 4.69) is 77.9 Å². The summed E-state index contributed by atoms with van der Waals surface area (Å²) in [6.45, 7) is 13.5. The summed E-state index contributed by atoms with van der Waals surface area (Å²) in [7, 11) is 0. The summed E-state index contributed by atoms with van der Waals surface area (Å²) in [6.07, 6.45) is 2.50. The van der Waals surface area contributed by atoms with Gasteiger partial charge in [0.2, 0.25) is 0 Å². The van der Waals surface area contributed by atoms with Gasteiger partial charge in [-0.25, -0.2) is 0 Å². The van der Waals surface area contributed by atoms with Gasteiger partial charge in [-0.2, -0.15) is 0 Å². The molecule has 22 heavy (non-hydrogen) atoms. The quantitative estimate of drug-likeness (QED) is 0.582. The molecule has 0 saturated heterocycles. The number of hydrogen-bond acceptors (Lipinski definition) is 0. The lowest BCUT2D eigenvalue weighted by Crippen LogP contribution is -2.01. The van der Waals surface area contributed by atoms with E-state index >= 15 is 0 Å². The van der Waals surface area contributed by atoms with Gasteiger partial charge in [-0.3, -0.25) is 0 Å². The highest BCUT2D eigenvalue weighted by molar-refractivity contribution is 5.33. The summed E-state index contributed by atoms with van der Waals surface area (Å²) in [5.74, 6) is 1.27. The second-order valence-corrected chi connectivity index (χ2v) is 7.08. The zero-order valence-electron chi connectivity index (χ0n) is 15.0. The summed E-state index contributed by atoms with van der Waals surface area (Å²) >= 11 is 0. The third-order valence-electron chi connectivity index (χ3n) is 5.09. The lowest BCUT2D eigenvalue weighted by atomic mass is 9.86. The fraction of sp³-hybridized carbons (Fsp3) is 0.455. The van der Waals surface area contributed by atoms with Crippen molar-refractivity contribution in [1.82, 2.24) is 0 Å². The van der Waals surface area contributed by atoms with Gasteiger partial charge in [0.1, 0.15) is 0 Å². The van der Waals surface area contributed by atoms with Crippen molar-refractivity contribution in [2.75, 3.05) is 0 Å². The van der Waals surface area contributed by atoms with Gasteiger partial charge in [-0.1, -0.05) is 55.8 Å². The molecule has 0 heteroatoms. The highest BCUT2D eigenvalue weighted by Gasteiger charge is 2.12. The molecule has 0 aliphatic heterocycles. The molecule has 2 aromatic carbocycles. The van der Waals surface area contributed by atoms with E-state index in [1.807, 2.05) is 0 Å². The highest BCUT2D eigenvalue weighted by atomic mass is 14.2. The van der Waals surface area contributed by atoms with Crippen LogP contribution in [0.25, 0.3) is 0 Å². The maximum Gasteiger partial charge on any atom is -0.0188 e. The normalized spacial score (nSPS) is 13.9. The molecule has 0 aromatic heterocycles. The van der Waals surface area contributed by atoms with Gasteiger partial charge in [0.15, 0.2) is 0 Å². The molecule has 0 saturated carbocycles. The SMILES string of the molecule is Cc1ccc(C(C)CCC(C)c2ccc(C)c(C)c2)c(C)c1. The van der Waals surface area contributed by atoms with Crippen LogP contribution in [0.1, 0.15) is 71.9 Å². The average Bonchev–Trinajstić information content (AvgIpc) is 2.47. The smallest absolute Gasteiger partial charge is 0.0188 e. The monoisotopic (exact) mass is 294 g/mol. The van der Waals surface area contributed by atoms with Crippen molar-refractivity contribution in [3.05, 3.63) is 69.8 Å². The van der Waals surface area contributed by atoms with Gasteiger partial charge >= 0.3 is 0 Å². The van der Waals surface area contributed by atoms with E-state index in [0.29, 0.717) is 11.8 Å². The van der Waals surface area contributed by atoms with Gasteiger partial charge in [0, 0.05) is 0 Å². The maximum absolute atomic E-state index is 2.37. The average molecular weight is 294 g/mol. The molecular weight excluding hydrogens is 264 g/mol. The Morgan fingerprint density at radius 2 is 1.36 bits per heavy atom. The zero-order chi connectivity index (χ0) is 16.3. The Bertz CT molecular complexity index is 636. The van der Waals surface area contributed by atoms with Crippen molar-refractivity contribution in [2.45, 2.75) is 66.2 Å². The first-order valence-electron chi connectivity index (χ1n) is 8.52. The third-order valence-corrected chi connectivity index (χ3v) is 5.09. The summed E-state index contributed by atoms with van der Waals surface area (Å²) < 4.78 is 0. The van der Waals surface area contributed by atoms with Crippen molar-refractivity contribution < 1.29 is 0 Å². The molecule has 2 aromatic rings. The molecule has 0 heterocycles. The predicted octanol–water partition coefficient (Wildman–Crippen LogP) is 6.61. The molecule has 0 bridgehead atoms. The minimum absolute atomic E-state index is 0.632. The van der Waals surface area contributed by atoms with Gasteiger partial charge in [-0.15, -0.1) is 0 Å². The van der Waals surface area contributed by atoms with Crippen LogP contribution in [0.2, 0.25) is 0 Å². The van der Waals surface area contributed by atoms with Crippen molar-refractivity contribution >= 4 is 0 Å². The molecule has 0 aliphatic rings. The first-order valence-corrected chi connectivity index (χ1v) is 8.52. The molecule has 0 aliphatic carbocycles. The minimum Gasteiger partial charge on any atom is -0.0590 e. The Balaban J connectivity index is 2.00. The number of rotatable bonds is 5. The third kappa shape index (κ3) is 4.00. The molecule has 2 unspecified atom stereocenters. The van der Waals surface area contributed by atoms with Crippen LogP contribution in [-0.2, 0) is 0 Å². The van der Waals surface area contributed by atoms with E-state index < -0.39 is 0 Å². The van der Waals surface area contributed by atoms with Gasteiger partial charge < -0.3 is 0 Å². The first-order chi connectivity index (χ1) is 10.4. The van der Waals surface area contributed by atoms with Crippen molar-refractivity contribution in [3.63, 3.8) is 0 Å². The van der Waals surface area contributed by atoms with Crippen LogP contribution < -0.4 is 0 Å². The largest absolute Gasteiger partial charge is 0.0590 e. The van der Waals surface area contributed by atoms with Gasteiger partial charge in [-0.05, 0) is 80.2 Å². The van der Waals surface area contributed by atoms with Crippen molar-refractivity contribution in [2.24, 2.45) is 0 Å². The van der Waals surface area contributed by atoms with E-state index in [0.717, 1.165) is 0 Å².